The first-order chi connectivity index (χ1) is 10.5. The number of nitrogens with zero attached hydrogens (tertiary/aromatic N) is 1. The molecule has 1 amide bonds. The number of hydrogen-bond acceptors (Lipinski definition) is 4. The van der Waals surface area contributed by atoms with E-state index in [9.17, 15) is 14.4 Å². The Kier molecular flexibility index (Phi) is 4.80. The maximum atomic E-state index is 11.7. The van der Waals surface area contributed by atoms with Crippen LogP contribution in [-0.4, -0.2) is 28.3 Å². The van der Waals surface area contributed by atoms with Gasteiger partial charge in [-0.1, -0.05) is 17.7 Å². The van der Waals surface area contributed by atoms with Crippen molar-refractivity contribution in [1.29, 1.82) is 0 Å². The van der Waals surface area contributed by atoms with Gasteiger partial charge in [0.25, 0.3) is 11.5 Å². The predicted octanol–water partition coefficient (Wildman–Crippen LogP) is 1.27. The lowest BCUT2D eigenvalue weighted by Gasteiger charge is -2.09. The van der Waals surface area contributed by atoms with Gasteiger partial charge in [-0.3, -0.25) is 9.59 Å². The molecule has 0 saturated heterocycles. The molecule has 0 fully saturated rings. The zero-order valence-electron chi connectivity index (χ0n) is 11.2. The minimum Gasteiger partial charge on any atom is -0.477 e. The number of aromatic carboxylic acids is 1. The smallest absolute Gasteiger partial charge is 0.341 e. The topological polar surface area (TPSA) is 97.6 Å². The lowest BCUT2D eigenvalue weighted by molar-refractivity contribution is -0.120. The third-order valence-corrected chi connectivity index (χ3v) is 2.82. The number of anilines is 1. The average Bonchev–Trinajstić information content (AvgIpc) is 2.46. The van der Waals surface area contributed by atoms with Crippen molar-refractivity contribution in [3.05, 3.63) is 63.5 Å². The largest absolute Gasteiger partial charge is 0.477 e. The molecule has 0 aliphatic heterocycles. The summed E-state index contributed by atoms with van der Waals surface area (Å²) in [6.07, 6.45) is 1.22. The van der Waals surface area contributed by atoms with E-state index in [1.165, 1.54) is 12.3 Å². The van der Waals surface area contributed by atoms with E-state index in [2.05, 4.69) is 5.32 Å². The van der Waals surface area contributed by atoms with Crippen molar-refractivity contribution < 1.29 is 19.5 Å². The third kappa shape index (κ3) is 3.86. The highest BCUT2D eigenvalue weighted by molar-refractivity contribution is 6.30. The van der Waals surface area contributed by atoms with Crippen LogP contribution in [0.25, 0.3) is 0 Å². The molecule has 2 rings (SSSR count). The molecule has 22 heavy (non-hydrogen) atoms. The second kappa shape index (κ2) is 6.77. The second-order valence-corrected chi connectivity index (χ2v) is 4.63. The number of rotatable bonds is 5. The molecule has 2 N–H and O–H groups in total. The van der Waals surface area contributed by atoms with E-state index in [1.54, 1.807) is 24.3 Å². The third-order valence-electron chi connectivity index (χ3n) is 2.59. The van der Waals surface area contributed by atoms with Crippen molar-refractivity contribution in [3.63, 3.8) is 0 Å². The minimum absolute atomic E-state index is 0.447. The number of pyridine rings is 1. The molecule has 0 radical (unpaired) electrons. The van der Waals surface area contributed by atoms with Crippen LogP contribution in [0.3, 0.4) is 0 Å². The van der Waals surface area contributed by atoms with Crippen molar-refractivity contribution in [2.75, 3.05) is 11.9 Å². The van der Waals surface area contributed by atoms with E-state index >= 15 is 0 Å². The number of aromatic nitrogens is 1. The van der Waals surface area contributed by atoms with Crippen molar-refractivity contribution in [3.8, 4) is 0 Å². The number of benzene rings is 1. The Labute approximate surface area is 129 Å². The van der Waals surface area contributed by atoms with E-state index in [-0.39, 0.29) is 0 Å². The number of carbonyl (C=O) groups excluding carboxylic acids is 1. The summed E-state index contributed by atoms with van der Waals surface area (Å²) >= 11 is 5.79. The van der Waals surface area contributed by atoms with Crippen LogP contribution in [0, 0.1) is 0 Å². The Bertz CT molecular complexity index is 772. The lowest BCUT2D eigenvalue weighted by atomic mass is 10.3. The van der Waals surface area contributed by atoms with Crippen LogP contribution < -0.4 is 15.7 Å². The average molecular weight is 323 g/mol. The zero-order valence-corrected chi connectivity index (χ0v) is 11.9. The molecule has 1 heterocycles. The Balaban J connectivity index is 2.01. The summed E-state index contributed by atoms with van der Waals surface area (Å²) in [6.45, 7) is -0.463. The quantitative estimate of drug-likeness (QED) is 0.864. The highest BCUT2D eigenvalue weighted by atomic mass is 35.5. The second-order valence-electron chi connectivity index (χ2n) is 4.19. The lowest BCUT2D eigenvalue weighted by Crippen LogP contribution is -2.34. The molecule has 1 aromatic heterocycles. The maximum absolute atomic E-state index is 11.7. The number of carboxylic acids is 1. The van der Waals surface area contributed by atoms with Gasteiger partial charge in [-0.15, -0.1) is 0 Å². The van der Waals surface area contributed by atoms with Gasteiger partial charge in [-0.05, 0) is 30.3 Å². The van der Waals surface area contributed by atoms with Gasteiger partial charge in [0.15, 0.2) is 6.61 Å². The molecular formula is C14H11ClN2O5. The molecule has 114 valence electrons. The molecule has 7 nitrogen and oxygen atoms in total. The number of nitrogens with one attached hydrogen (secondary N) is 1. The van der Waals surface area contributed by atoms with Crippen molar-refractivity contribution in [2.24, 2.45) is 0 Å². The summed E-state index contributed by atoms with van der Waals surface area (Å²) in [5, 5.41) is 11.8. The minimum atomic E-state index is -1.37. The Morgan fingerprint density at radius 3 is 2.73 bits per heavy atom. The van der Waals surface area contributed by atoms with Crippen molar-refractivity contribution in [1.82, 2.24) is 4.73 Å². The predicted molar refractivity (Wildman–Crippen MR) is 79.2 cm³/mol. The van der Waals surface area contributed by atoms with E-state index in [0.29, 0.717) is 15.4 Å². The molecule has 0 aliphatic carbocycles. The van der Waals surface area contributed by atoms with Gasteiger partial charge in [0.2, 0.25) is 0 Å². The number of amides is 1. The molecule has 0 unspecified atom stereocenters. The zero-order chi connectivity index (χ0) is 16.1. The van der Waals surface area contributed by atoms with Gasteiger partial charge in [0.05, 0.1) is 0 Å². The van der Waals surface area contributed by atoms with Crippen LogP contribution in [0.2, 0.25) is 5.02 Å². The summed E-state index contributed by atoms with van der Waals surface area (Å²) in [5.41, 5.74) is -0.823. The molecule has 0 aliphatic rings. The first kappa shape index (κ1) is 15.6. The van der Waals surface area contributed by atoms with Crippen LogP contribution >= 0.6 is 11.6 Å². The fourth-order valence-electron chi connectivity index (χ4n) is 1.63. The first-order valence-corrected chi connectivity index (χ1v) is 6.49. The van der Waals surface area contributed by atoms with Gasteiger partial charge >= 0.3 is 5.97 Å². The van der Waals surface area contributed by atoms with Crippen LogP contribution in [0.15, 0.2) is 47.4 Å². The summed E-state index contributed by atoms with van der Waals surface area (Å²) in [5.74, 6) is -1.89. The van der Waals surface area contributed by atoms with E-state index in [1.807, 2.05) is 0 Å². The fourth-order valence-corrected chi connectivity index (χ4v) is 1.82. The Morgan fingerprint density at radius 2 is 2.05 bits per heavy atom. The molecular weight excluding hydrogens is 312 g/mol. The Hall–Kier alpha value is -2.80. The van der Waals surface area contributed by atoms with Gasteiger partial charge < -0.3 is 15.3 Å². The number of hydrogen-bond donors (Lipinski definition) is 2. The summed E-state index contributed by atoms with van der Waals surface area (Å²) < 4.78 is 0.695. The summed E-state index contributed by atoms with van der Waals surface area (Å²) in [7, 11) is 0. The summed E-state index contributed by atoms with van der Waals surface area (Å²) in [6, 6.07) is 9.00. The molecule has 0 bridgehead atoms. The van der Waals surface area contributed by atoms with Gasteiger partial charge in [0, 0.05) is 16.9 Å². The number of carboxylic acid groups (broad SMARTS) is 1. The first-order valence-electron chi connectivity index (χ1n) is 6.11. The molecule has 0 saturated carbocycles. The van der Waals surface area contributed by atoms with Crippen molar-refractivity contribution in [2.45, 2.75) is 0 Å². The van der Waals surface area contributed by atoms with Crippen molar-refractivity contribution >= 4 is 29.2 Å². The fraction of sp³-hybridized carbons (Fsp3) is 0.0714. The van der Waals surface area contributed by atoms with Gasteiger partial charge in [0.1, 0.15) is 5.56 Å². The molecule has 0 atom stereocenters. The van der Waals surface area contributed by atoms with E-state index in [0.717, 1.165) is 6.07 Å². The highest BCUT2D eigenvalue weighted by Crippen LogP contribution is 2.14. The Morgan fingerprint density at radius 1 is 1.27 bits per heavy atom. The molecule has 2 aromatic rings. The molecule has 0 spiro atoms. The monoisotopic (exact) mass is 322 g/mol. The molecule has 8 heteroatoms. The molecule has 1 aromatic carbocycles. The van der Waals surface area contributed by atoms with Crippen LogP contribution in [0.1, 0.15) is 10.4 Å². The number of carbonyl (C=O) groups is 2. The normalized spacial score (nSPS) is 10.0. The van der Waals surface area contributed by atoms with Crippen LogP contribution in [-0.2, 0) is 4.79 Å². The van der Waals surface area contributed by atoms with Gasteiger partial charge in [-0.2, -0.15) is 4.73 Å². The van der Waals surface area contributed by atoms with Gasteiger partial charge in [-0.25, -0.2) is 4.79 Å². The standard InChI is InChI=1S/C14H11ClN2O5/c15-9-3-1-4-10(7-9)16-12(18)8-22-17-6-2-5-11(13(17)19)14(20)21/h1-7H,8H2,(H,16,18)(H,20,21). The SMILES string of the molecule is O=C(COn1cccc(C(=O)O)c1=O)Nc1cccc(Cl)c1. The van der Waals surface area contributed by atoms with E-state index in [4.69, 9.17) is 21.5 Å². The van der Waals surface area contributed by atoms with Crippen LogP contribution in [0.5, 0.6) is 0 Å². The van der Waals surface area contributed by atoms with Crippen LogP contribution in [0.4, 0.5) is 5.69 Å². The maximum Gasteiger partial charge on any atom is 0.341 e. The summed E-state index contributed by atoms with van der Waals surface area (Å²) in [4.78, 5) is 39.3. The van der Waals surface area contributed by atoms with E-state index < -0.39 is 29.6 Å². The number of halogens is 1. The highest BCUT2D eigenvalue weighted by Gasteiger charge is 2.11.